The van der Waals surface area contributed by atoms with Gasteiger partial charge in [-0.2, -0.15) is 0 Å². The predicted octanol–water partition coefficient (Wildman–Crippen LogP) is 0.689. The zero-order valence-electron chi connectivity index (χ0n) is 7.90. The summed E-state index contributed by atoms with van der Waals surface area (Å²) in [6, 6.07) is 0. The van der Waals surface area contributed by atoms with Gasteiger partial charge in [0.15, 0.2) is 5.71 Å². The lowest BCUT2D eigenvalue weighted by atomic mass is 9.96. The fourth-order valence-corrected chi connectivity index (χ4v) is 1.02. The molecule has 0 aliphatic carbocycles. The fourth-order valence-electron chi connectivity index (χ4n) is 1.02. The van der Waals surface area contributed by atoms with E-state index in [0.717, 1.165) is 0 Å². The second-order valence-corrected chi connectivity index (χ2v) is 2.54. The molecule has 1 atom stereocenters. The van der Waals surface area contributed by atoms with Gasteiger partial charge >= 0.3 is 5.97 Å². The largest absolute Gasteiger partial charge is 0.477 e. The molecule has 0 aromatic rings. The van der Waals surface area contributed by atoms with Crippen LogP contribution >= 0.6 is 0 Å². The van der Waals surface area contributed by atoms with Crippen LogP contribution in [0.15, 0.2) is 5.16 Å². The van der Waals surface area contributed by atoms with Gasteiger partial charge in [0.2, 0.25) is 0 Å². The van der Waals surface area contributed by atoms with Gasteiger partial charge in [-0.3, -0.25) is 4.79 Å². The molecule has 0 aliphatic rings. The number of oxime groups is 1. The third-order valence-electron chi connectivity index (χ3n) is 1.64. The van der Waals surface area contributed by atoms with E-state index in [1.165, 1.54) is 14.0 Å². The van der Waals surface area contributed by atoms with E-state index in [4.69, 9.17) is 5.11 Å². The van der Waals surface area contributed by atoms with Crippen molar-refractivity contribution in [1.82, 2.24) is 0 Å². The molecule has 0 amide bonds. The molecule has 0 radical (unpaired) electrons. The maximum Gasteiger partial charge on any atom is 0.354 e. The summed E-state index contributed by atoms with van der Waals surface area (Å²) in [5.74, 6) is -2.12. The van der Waals surface area contributed by atoms with Crippen molar-refractivity contribution in [3.63, 3.8) is 0 Å². The highest BCUT2D eigenvalue weighted by molar-refractivity contribution is 6.40. The van der Waals surface area contributed by atoms with Crippen molar-refractivity contribution in [2.75, 3.05) is 7.11 Å². The average molecular weight is 187 g/mol. The number of carboxylic acids is 1. The Labute approximate surface area is 76.4 Å². The molecule has 0 spiro atoms. The van der Waals surface area contributed by atoms with Crippen molar-refractivity contribution in [2.24, 2.45) is 11.1 Å². The third-order valence-corrected chi connectivity index (χ3v) is 1.64. The molecule has 13 heavy (non-hydrogen) atoms. The van der Waals surface area contributed by atoms with Crippen LogP contribution in [0.5, 0.6) is 0 Å². The van der Waals surface area contributed by atoms with E-state index >= 15 is 0 Å². The summed E-state index contributed by atoms with van der Waals surface area (Å²) in [7, 11) is 1.25. The quantitative estimate of drug-likeness (QED) is 0.507. The number of ketones is 1. The molecular weight excluding hydrogens is 174 g/mol. The number of hydrogen-bond donors (Lipinski definition) is 1. The highest BCUT2D eigenvalue weighted by Crippen LogP contribution is 2.07. The van der Waals surface area contributed by atoms with Crippen LogP contribution in [0, 0.1) is 5.92 Å². The lowest BCUT2D eigenvalue weighted by Crippen LogP contribution is -2.28. The smallest absolute Gasteiger partial charge is 0.354 e. The molecule has 0 aromatic carbocycles. The molecular formula is C8H13NO4. The van der Waals surface area contributed by atoms with Crippen molar-refractivity contribution in [2.45, 2.75) is 20.3 Å². The van der Waals surface area contributed by atoms with Crippen LogP contribution in [-0.2, 0) is 14.4 Å². The molecule has 5 nitrogen and oxygen atoms in total. The van der Waals surface area contributed by atoms with Gasteiger partial charge in [-0.25, -0.2) is 4.79 Å². The zero-order chi connectivity index (χ0) is 10.4. The minimum absolute atomic E-state index is 0.222. The maximum absolute atomic E-state index is 11.0. The number of hydrogen-bond acceptors (Lipinski definition) is 4. The van der Waals surface area contributed by atoms with Gasteiger partial charge in [-0.05, 0) is 13.3 Å². The minimum atomic E-state index is -1.22. The van der Waals surface area contributed by atoms with Gasteiger partial charge in [0.05, 0.1) is 5.92 Å². The predicted molar refractivity (Wildman–Crippen MR) is 46.5 cm³/mol. The number of rotatable bonds is 5. The Bertz CT molecular complexity index is 234. The van der Waals surface area contributed by atoms with Gasteiger partial charge in [0.1, 0.15) is 12.9 Å². The Kier molecular flexibility index (Phi) is 4.72. The van der Waals surface area contributed by atoms with Crippen LogP contribution in [0.3, 0.4) is 0 Å². The molecule has 1 unspecified atom stereocenters. The van der Waals surface area contributed by atoms with Crippen LogP contribution < -0.4 is 0 Å². The average Bonchev–Trinajstić information content (AvgIpc) is 2.03. The summed E-state index contributed by atoms with van der Waals surface area (Å²) in [5.41, 5.74) is -0.238. The van der Waals surface area contributed by atoms with E-state index in [9.17, 15) is 9.59 Å². The number of carbonyl (C=O) groups excluding carboxylic acids is 1. The van der Waals surface area contributed by atoms with Crippen molar-refractivity contribution in [3.8, 4) is 0 Å². The van der Waals surface area contributed by atoms with Crippen LogP contribution in [0.4, 0.5) is 0 Å². The highest BCUT2D eigenvalue weighted by Gasteiger charge is 2.25. The first-order valence-corrected chi connectivity index (χ1v) is 3.89. The molecule has 1 N–H and O–H groups in total. The Morgan fingerprint density at radius 2 is 2.08 bits per heavy atom. The van der Waals surface area contributed by atoms with Crippen LogP contribution in [-0.4, -0.2) is 29.7 Å². The van der Waals surface area contributed by atoms with Crippen molar-refractivity contribution >= 4 is 17.5 Å². The Hall–Kier alpha value is -1.39. The summed E-state index contributed by atoms with van der Waals surface area (Å²) >= 11 is 0. The van der Waals surface area contributed by atoms with Gasteiger partial charge in [-0.1, -0.05) is 12.1 Å². The van der Waals surface area contributed by atoms with Crippen LogP contribution in [0.25, 0.3) is 0 Å². The molecule has 0 saturated heterocycles. The molecule has 0 fully saturated rings. The van der Waals surface area contributed by atoms with E-state index in [-0.39, 0.29) is 11.5 Å². The molecule has 0 saturated carbocycles. The van der Waals surface area contributed by atoms with Gasteiger partial charge in [-0.15, -0.1) is 0 Å². The second kappa shape index (κ2) is 5.29. The molecule has 0 aliphatic heterocycles. The third kappa shape index (κ3) is 3.23. The first-order chi connectivity index (χ1) is 6.04. The van der Waals surface area contributed by atoms with E-state index in [1.807, 2.05) is 0 Å². The first kappa shape index (κ1) is 11.6. The number of aliphatic carboxylic acids is 1. The topological polar surface area (TPSA) is 76.0 Å². The van der Waals surface area contributed by atoms with Crippen molar-refractivity contribution in [1.29, 1.82) is 0 Å². The minimum Gasteiger partial charge on any atom is -0.477 e. The van der Waals surface area contributed by atoms with Gasteiger partial charge < -0.3 is 9.94 Å². The summed E-state index contributed by atoms with van der Waals surface area (Å²) in [6.45, 7) is 3.06. The Balaban J connectivity index is 4.80. The Morgan fingerprint density at radius 3 is 2.31 bits per heavy atom. The van der Waals surface area contributed by atoms with E-state index in [1.54, 1.807) is 6.92 Å². The molecule has 74 valence electrons. The number of nitrogens with zero attached hydrogens (tertiary/aromatic N) is 1. The molecule has 5 heteroatoms. The number of carboxylic acid groups (broad SMARTS) is 1. The molecule has 0 heterocycles. The number of Topliss-reactive ketones (excluding diaryl/α,β-unsaturated/α-hetero) is 1. The monoisotopic (exact) mass is 187 g/mol. The standard InChI is InChI=1S/C8H13NO4/c1-4-6(5(2)10)7(8(11)12)9-13-3/h6H,4H2,1-3H3,(H,11,12). The molecule has 0 rings (SSSR count). The van der Waals surface area contributed by atoms with Gasteiger partial charge in [0.25, 0.3) is 0 Å². The van der Waals surface area contributed by atoms with Crippen LogP contribution in [0.1, 0.15) is 20.3 Å². The van der Waals surface area contributed by atoms with Gasteiger partial charge in [0, 0.05) is 0 Å². The van der Waals surface area contributed by atoms with Crippen molar-refractivity contribution in [3.05, 3.63) is 0 Å². The molecule has 0 aromatic heterocycles. The SMILES string of the molecule is CCC(C(C)=O)C(=NOC)C(=O)O. The lowest BCUT2D eigenvalue weighted by molar-refractivity contribution is -0.131. The summed E-state index contributed by atoms with van der Waals surface area (Å²) in [6.07, 6.45) is 0.407. The highest BCUT2D eigenvalue weighted by atomic mass is 16.6. The Morgan fingerprint density at radius 1 is 1.54 bits per heavy atom. The second-order valence-electron chi connectivity index (χ2n) is 2.54. The summed E-state index contributed by atoms with van der Waals surface area (Å²) in [4.78, 5) is 26.0. The zero-order valence-corrected chi connectivity index (χ0v) is 7.90. The molecule has 0 bridgehead atoms. The summed E-state index contributed by atoms with van der Waals surface area (Å²) < 4.78 is 0. The van der Waals surface area contributed by atoms with Crippen LogP contribution in [0.2, 0.25) is 0 Å². The van der Waals surface area contributed by atoms with E-state index < -0.39 is 11.9 Å². The van der Waals surface area contributed by atoms with Crippen molar-refractivity contribution < 1.29 is 19.5 Å². The first-order valence-electron chi connectivity index (χ1n) is 3.89. The van der Waals surface area contributed by atoms with E-state index in [0.29, 0.717) is 6.42 Å². The fraction of sp³-hybridized carbons (Fsp3) is 0.625. The van der Waals surface area contributed by atoms with E-state index in [2.05, 4.69) is 9.99 Å². The normalized spacial score (nSPS) is 13.6. The summed E-state index contributed by atoms with van der Waals surface area (Å²) in [5, 5.41) is 12.0. The number of carbonyl (C=O) groups is 2. The maximum atomic E-state index is 11.0. The lowest BCUT2D eigenvalue weighted by Gasteiger charge is -2.09.